The molecule has 0 aliphatic rings. The highest BCUT2D eigenvalue weighted by atomic mass is 19.1. The fraction of sp³-hybridized carbons (Fsp3) is 0. The van der Waals surface area contributed by atoms with Crippen LogP contribution in [-0.4, -0.2) is 9.55 Å². The van der Waals surface area contributed by atoms with Gasteiger partial charge in [-0.25, -0.2) is 18.2 Å². The SMILES string of the molecule is Nc1nc2c(F)cc(F)cc2n1-c1cccc(F)c1. The first-order valence-electron chi connectivity index (χ1n) is 5.45. The van der Waals surface area contributed by atoms with E-state index in [1.807, 2.05) is 0 Å². The number of hydrogen-bond acceptors (Lipinski definition) is 2. The van der Waals surface area contributed by atoms with Gasteiger partial charge in [-0.1, -0.05) is 6.07 Å². The van der Waals surface area contributed by atoms with E-state index in [-0.39, 0.29) is 17.0 Å². The monoisotopic (exact) mass is 263 g/mol. The highest BCUT2D eigenvalue weighted by Gasteiger charge is 2.15. The molecule has 0 amide bonds. The Balaban J connectivity index is 2.38. The average molecular weight is 263 g/mol. The number of nitrogen functional groups attached to an aromatic ring is 1. The molecule has 2 N–H and O–H groups in total. The van der Waals surface area contributed by atoms with Crippen LogP contribution in [-0.2, 0) is 0 Å². The lowest BCUT2D eigenvalue weighted by Crippen LogP contribution is -2.01. The smallest absolute Gasteiger partial charge is 0.206 e. The molecule has 96 valence electrons. The van der Waals surface area contributed by atoms with Crippen molar-refractivity contribution in [3.05, 3.63) is 53.8 Å². The molecule has 0 spiro atoms. The van der Waals surface area contributed by atoms with E-state index in [9.17, 15) is 13.2 Å². The molecule has 6 heteroatoms. The Morgan fingerprint density at radius 1 is 1.00 bits per heavy atom. The van der Waals surface area contributed by atoms with Crippen LogP contribution in [0.25, 0.3) is 16.7 Å². The minimum absolute atomic E-state index is 0.0369. The first-order valence-corrected chi connectivity index (χ1v) is 5.45. The van der Waals surface area contributed by atoms with Gasteiger partial charge in [0.15, 0.2) is 5.82 Å². The molecule has 2 aromatic carbocycles. The van der Waals surface area contributed by atoms with E-state index in [2.05, 4.69) is 4.98 Å². The molecule has 0 aliphatic carbocycles. The summed E-state index contributed by atoms with van der Waals surface area (Å²) in [6.45, 7) is 0. The maximum absolute atomic E-state index is 13.6. The third-order valence-corrected chi connectivity index (χ3v) is 2.77. The maximum Gasteiger partial charge on any atom is 0.206 e. The summed E-state index contributed by atoms with van der Waals surface area (Å²) in [5.41, 5.74) is 6.15. The molecule has 3 aromatic rings. The van der Waals surface area contributed by atoms with E-state index in [0.717, 1.165) is 12.1 Å². The van der Waals surface area contributed by atoms with Gasteiger partial charge in [-0.15, -0.1) is 0 Å². The Kier molecular flexibility index (Phi) is 2.45. The number of benzene rings is 2. The van der Waals surface area contributed by atoms with Gasteiger partial charge < -0.3 is 5.73 Å². The van der Waals surface area contributed by atoms with Gasteiger partial charge in [0.1, 0.15) is 17.2 Å². The number of fused-ring (bicyclic) bond motifs is 1. The lowest BCUT2D eigenvalue weighted by molar-refractivity contribution is 0.590. The van der Waals surface area contributed by atoms with Crippen LogP contribution in [0, 0.1) is 17.5 Å². The molecule has 0 radical (unpaired) electrons. The first-order chi connectivity index (χ1) is 9.06. The predicted octanol–water partition coefficient (Wildman–Crippen LogP) is 3.03. The van der Waals surface area contributed by atoms with Crippen molar-refractivity contribution >= 4 is 17.0 Å². The molecular weight excluding hydrogens is 255 g/mol. The summed E-state index contributed by atoms with van der Waals surface area (Å²) >= 11 is 0. The Morgan fingerprint density at radius 3 is 2.53 bits per heavy atom. The van der Waals surface area contributed by atoms with Gasteiger partial charge in [-0.2, -0.15) is 0 Å². The van der Waals surface area contributed by atoms with Gasteiger partial charge in [0.2, 0.25) is 5.95 Å². The zero-order chi connectivity index (χ0) is 13.6. The molecule has 0 saturated heterocycles. The van der Waals surface area contributed by atoms with Crippen molar-refractivity contribution in [3.8, 4) is 5.69 Å². The van der Waals surface area contributed by atoms with Crippen LogP contribution < -0.4 is 5.73 Å². The molecule has 0 unspecified atom stereocenters. The van der Waals surface area contributed by atoms with Crippen LogP contribution in [0.15, 0.2) is 36.4 Å². The molecule has 0 saturated carbocycles. The van der Waals surface area contributed by atoms with Crippen LogP contribution in [0.5, 0.6) is 0 Å². The fourth-order valence-corrected chi connectivity index (χ4v) is 2.01. The highest BCUT2D eigenvalue weighted by molar-refractivity contribution is 5.81. The van der Waals surface area contributed by atoms with Gasteiger partial charge >= 0.3 is 0 Å². The number of nitrogens with zero attached hydrogens (tertiary/aromatic N) is 2. The zero-order valence-electron chi connectivity index (χ0n) is 9.57. The summed E-state index contributed by atoms with van der Waals surface area (Å²) in [5.74, 6) is -2.07. The van der Waals surface area contributed by atoms with Crippen LogP contribution in [0.3, 0.4) is 0 Å². The molecule has 1 heterocycles. The minimum Gasteiger partial charge on any atom is -0.369 e. The number of nitrogens with two attached hydrogens (primary N) is 1. The Morgan fingerprint density at radius 2 is 1.79 bits per heavy atom. The molecule has 0 aliphatic heterocycles. The van der Waals surface area contributed by atoms with Gasteiger partial charge in [-0.05, 0) is 18.2 Å². The van der Waals surface area contributed by atoms with Crippen molar-refractivity contribution in [2.24, 2.45) is 0 Å². The van der Waals surface area contributed by atoms with E-state index < -0.39 is 17.5 Å². The minimum atomic E-state index is -0.808. The average Bonchev–Trinajstić information content (AvgIpc) is 2.66. The summed E-state index contributed by atoms with van der Waals surface area (Å²) in [4.78, 5) is 3.84. The zero-order valence-corrected chi connectivity index (χ0v) is 9.57. The molecule has 0 atom stereocenters. The molecule has 0 fully saturated rings. The second-order valence-electron chi connectivity index (χ2n) is 4.04. The van der Waals surface area contributed by atoms with E-state index >= 15 is 0 Å². The molecule has 3 nitrogen and oxygen atoms in total. The van der Waals surface area contributed by atoms with Crippen LogP contribution in [0.2, 0.25) is 0 Å². The van der Waals surface area contributed by atoms with Gasteiger partial charge in [0, 0.05) is 12.1 Å². The van der Waals surface area contributed by atoms with Crippen molar-refractivity contribution in [3.63, 3.8) is 0 Å². The van der Waals surface area contributed by atoms with E-state index in [0.29, 0.717) is 5.69 Å². The second-order valence-corrected chi connectivity index (χ2v) is 4.04. The third-order valence-electron chi connectivity index (χ3n) is 2.77. The van der Waals surface area contributed by atoms with Gasteiger partial charge in [0.05, 0.1) is 11.2 Å². The molecular formula is C13H8F3N3. The fourth-order valence-electron chi connectivity index (χ4n) is 2.01. The lowest BCUT2D eigenvalue weighted by atomic mass is 10.2. The molecule has 0 bridgehead atoms. The number of rotatable bonds is 1. The van der Waals surface area contributed by atoms with E-state index in [4.69, 9.17) is 5.73 Å². The normalized spacial score (nSPS) is 11.1. The maximum atomic E-state index is 13.6. The van der Waals surface area contributed by atoms with Crippen molar-refractivity contribution in [1.29, 1.82) is 0 Å². The summed E-state index contributed by atoms with van der Waals surface area (Å²) < 4.78 is 41.4. The standard InChI is InChI=1S/C13H8F3N3/c14-7-2-1-3-9(4-7)19-11-6-8(15)5-10(16)12(11)18-13(19)17/h1-6H,(H2,17,18). The predicted molar refractivity (Wildman–Crippen MR) is 65.4 cm³/mol. The Hall–Kier alpha value is -2.50. The quantitative estimate of drug-likeness (QED) is 0.733. The molecule has 3 rings (SSSR count). The largest absolute Gasteiger partial charge is 0.369 e. The Bertz CT molecular complexity index is 780. The van der Waals surface area contributed by atoms with Crippen molar-refractivity contribution in [2.45, 2.75) is 0 Å². The van der Waals surface area contributed by atoms with Crippen molar-refractivity contribution < 1.29 is 13.2 Å². The highest BCUT2D eigenvalue weighted by Crippen LogP contribution is 2.26. The summed E-state index contributed by atoms with van der Waals surface area (Å²) in [7, 11) is 0. The number of halogens is 3. The molecule has 1 aromatic heterocycles. The first kappa shape index (κ1) is 11.6. The number of imidazole rings is 1. The molecule has 19 heavy (non-hydrogen) atoms. The Labute approximate surface area is 106 Å². The number of aromatic nitrogens is 2. The number of hydrogen-bond donors (Lipinski definition) is 1. The van der Waals surface area contributed by atoms with Crippen LogP contribution >= 0.6 is 0 Å². The van der Waals surface area contributed by atoms with Gasteiger partial charge in [0.25, 0.3) is 0 Å². The number of anilines is 1. The van der Waals surface area contributed by atoms with E-state index in [1.165, 1.54) is 22.8 Å². The summed E-state index contributed by atoms with van der Waals surface area (Å²) in [5, 5.41) is 0. The van der Waals surface area contributed by atoms with Crippen molar-refractivity contribution in [1.82, 2.24) is 9.55 Å². The van der Waals surface area contributed by atoms with E-state index in [1.54, 1.807) is 6.07 Å². The van der Waals surface area contributed by atoms with Gasteiger partial charge in [-0.3, -0.25) is 4.57 Å². The van der Waals surface area contributed by atoms with Crippen molar-refractivity contribution in [2.75, 3.05) is 5.73 Å². The third kappa shape index (κ3) is 1.81. The topological polar surface area (TPSA) is 43.8 Å². The summed E-state index contributed by atoms with van der Waals surface area (Å²) in [6.07, 6.45) is 0. The van der Waals surface area contributed by atoms with Crippen LogP contribution in [0.1, 0.15) is 0 Å². The lowest BCUT2D eigenvalue weighted by Gasteiger charge is -2.06. The summed E-state index contributed by atoms with van der Waals surface area (Å²) in [6, 6.07) is 7.35. The second kappa shape index (κ2) is 4.01. The van der Waals surface area contributed by atoms with Crippen LogP contribution in [0.4, 0.5) is 19.1 Å².